The van der Waals surface area contributed by atoms with Crippen molar-refractivity contribution < 1.29 is 4.79 Å². The first-order valence-electron chi connectivity index (χ1n) is 8.78. The molecule has 1 fully saturated rings. The summed E-state index contributed by atoms with van der Waals surface area (Å²) in [5, 5.41) is 14.5. The van der Waals surface area contributed by atoms with Crippen LogP contribution in [0.5, 0.6) is 0 Å². The molecule has 1 aromatic carbocycles. The largest absolute Gasteiger partial charge is 0.383 e. The van der Waals surface area contributed by atoms with Crippen LogP contribution in [0, 0.1) is 0 Å². The van der Waals surface area contributed by atoms with Crippen molar-refractivity contribution in [1.82, 2.24) is 25.0 Å². The second kappa shape index (κ2) is 7.55. The van der Waals surface area contributed by atoms with Gasteiger partial charge in [0.2, 0.25) is 0 Å². The Morgan fingerprint density at radius 1 is 1.40 bits per heavy atom. The van der Waals surface area contributed by atoms with Gasteiger partial charge in [0.1, 0.15) is 6.33 Å². The molecule has 1 aliphatic rings. The third-order valence-corrected chi connectivity index (χ3v) is 4.38. The molecule has 25 heavy (non-hydrogen) atoms. The SMILES string of the molecule is CC(C)Nc1cccc(CNC(=O)N2CCC[C@@H]2c2nncn2C)c1. The van der Waals surface area contributed by atoms with Crippen LogP contribution < -0.4 is 10.6 Å². The maximum Gasteiger partial charge on any atom is 0.318 e. The van der Waals surface area contributed by atoms with Crippen LogP contribution in [-0.4, -0.2) is 38.3 Å². The molecule has 2 aromatic rings. The van der Waals surface area contributed by atoms with Crippen LogP contribution in [0.1, 0.15) is 44.1 Å². The zero-order valence-electron chi connectivity index (χ0n) is 15.1. The third-order valence-electron chi connectivity index (χ3n) is 4.38. The van der Waals surface area contributed by atoms with E-state index in [0.29, 0.717) is 12.6 Å². The lowest BCUT2D eigenvalue weighted by atomic mass is 10.2. The van der Waals surface area contributed by atoms with E-state index < -0.39 is 0 Å². The lowest BCUT2D eigenvalue weighted by molar-refractivity contribution is 0.189. The highest BCUT2D eigenvalue weighted by atomic mass is 16.2. The summed E-state index contributed by atoms with van der Waals surface area (Å²) in [4.78, 5) is 14.5. The Kier molecular flexibility index (Phi) is 5.21. The predicted molar refractivity (Wildman–Crippen MR) is 97.1 cm³/mol. The van der Waals surface area contributed by atoms with Crippen molar-refractivity contribution in [3.63, 3.8) is 0 Å². The van der Waals surface area contributed by atoms with Crippen molar-refractivity contribution >= 4 is 11.7 Å². The van der Waals surface area contributed by atoms with Gasteiger partial charge in [0, 0.05) is 31.9 Å². The smallest absolute Gasteiger partial charge is 0.318 e. The summed E-state index contributed by atoms with van der Waals surface area (Å²) in [5.74, 6) is 0.843. The molecule has 2 N–H and O–H groups in total. The van der Waals surface area contributed by atoms with E-state index in [1.165, 1.54) is 0 Å². The summed E-state index contributed by atoms with van der Waals surface area (Å²) in [6.45, 7) is 5.47. The van der Waals surface area contributed by atoms with Crippen LogP contribution in [0.3, 0.4) is 0 Å². The molecular formula is C18H26N6O. The number of anilines is 1. The average Bonchev–Trinajstić information content (AvgIpc) is 3.20. The number of likely N-dealkylation sites (tertiary alicyclic amines) is 1. The van der Waals surface area contributed by atoms with Gasteiger partial charge in [0.25, 0.3) is 0 Å². The first kappa shape index (κ1) is 17.3. The monoisotopic (exact) mass is 342 g/mol. The molecule has 2 amide bonds. The average molecular weight is 342 g/mol. The number of hydrogen-bond donors (Lipinski definition) is 2. The van der Waals surface area contributed by atoms with Crippen LogP contribution in [0.25, 0.3) is 0 Å². The van der Waals surface area contributed by atoms with Gasteiger partial charge in [-0.05, 0) is 44.4 Å². The first-order valence-corrected chi connectivity index (χ1v) is 8.78. The topological polar surface area (TPSA) is 75.1 Å². The van der Waals surface area contributed by atoms with Gasteiger partial charge in [-0.2, -0.15) is 0 Å². The minimum atomic E-state index is -0.0484. The summed E-state index contributed by atoms with van der Waals surface area (Å²) in [5.41, 5.74) is 2.15. The Hall–Kier alpha value is -2.57. The van der Waals surface area contributed by atoms with E-state index in [4.69, 9.17) is 0 Å². The van der Waals surface area contributed by atoms with Gasteiger partial charge in [-0.1, -0.05) is 12.1 Å². The molecule has 134 valence electrons. The van der Waals surface area contributed by atoms with Crippen molar-refractivity contribution in [3.8, 4) is 0 Å². The van der Waals surface area contributed by atoms with E-state index in [9.17, 15) is 4.79 Å². The number of benzene rings is 1. The highest BCUT2D eigenvalue weighted by molar-refractivity contribution is 5.75. The molecule has 0 bridgehead atoms. The summed E-state index contributed by atoms with van der Waals surface area (Å²) >= 11 is 0. The van der Waals surface area contributed by atoms with Crippen LogP contribution in [0.4, 0.5) is 10.5 Å². The molecule has 0 aliphatic carbocycles. The number of carbonyl (C=O) groups is 1. The van der Waals surface area contributed by atoms with Crippen molar-refractivity contribution in [2.75, 3.05) is 11.9 Å². The summed E-state index contributed by atoms with van der Waals surface area (Å²) in [6.07, 6.45) is 3.59. The van der Waals surface area contributed by atoms with E-state index in [0.717, 1.165) is 36.5 Å². The molecular weight excluding hydrogens is 316 g/mol. The fourth-order valence-electron chi connectivity index (χ4n) is 3.26. The second-order valence-electron chi connectivity index (χ2n) is 6.81. The molecule has 0 spiro atoms. The fourth-order valence-corrected chi connectivity index (χ4v) is 3.26. The number of amides is 2. The van der Waals surface area contributed by atoms with Gasteiger partial charge >= 0.3 is 6.03 Å². The van der Waals surface area contributed by atoms with Gasteiger partial charge in [-0.25, -0.2) is 4.79 Å². The normalized spacial score (nSPS) is 17.1. The molecule has 3 rings (SSSR count). The molecule has 2 heterocycles. The predicted octanol–water partition coefficient (Wildman–Crippen LogP) is 2.68. The lowest BCUT2D eigenvalue weighted by Gasteiger charge is -2.24. The molecule has 1 aromatic heterocycles. The highest BCUT2D eigenvalue weighted by Gasteiger charge is 2.32. The number of nitrogens with one attached hydrogen (secondary N) is 2. The summed E-state index contributed by atoms with van der Waals surface area (Å²) in [7, 11) is 1.91. The number of rotatable bonds is 5. The zero-order valence-corrected chi connectivity index (χ0v) is 15.1. The minimum Gasteiger partial charge on any atom is -0.383 e. The summed E-state index contributed by atoms with van der Waals surface area (Å²) in [6, 6.07) is 8.47. The van der Waals surface area contributed by atoms with E-state index in [2.05, 4.69) is 40.7 Å². The maximum absolute atomic E-state index is 12.6. The van der Waals surface area contributed by atoms with Crippen LogP contribution >= 0.6 is 0 Å². The van der Waals surface area contributed by atoms with Gasteiger partial charge in [0.15, 0.2) is 5.82 Å². The molecule has 7 nitrogen and oxygen atoms in total. The first-order chi connectivity index (χ1) is 12.0. The molecule has 7 heteroatoms. The number of aryl methyl sites for hydroxylation is 1. The van der Waals surface area contributed by atoms with Crippen molar-refractivity contribution in [3.05, 3.63) is 42.0 Å². The van der Waals surface area contributed by atoms with Gasteiger partial charge in [-0.15, -0.1) is 10.2 Å². The van der Waals surface area contributed by atoms with E-state index in [1.807, 2.05) is 34.7 Å². The number of hydrogen-bond acceptors (Lipinski definition) is 4. The molecule has 0 unspecified atom stereocenters. The van der Waals surface area contributed by atoms with Crippen LogP contribution in [0.15, 0.2) is 30.6 Å². The highest BCUT2D eigenvalue weighted by Crippen LogP contribution is 2.30. The van der Waals surface area contributed by atoms with Crippen LogP contribution in [0.2, 0.25) is 0 Å². The number of urea groups is 1. The Labute approximate surface area is 148 Å². The fraction of sp³-hybridized carbons (Fsp3) is 0.500. The molecule has 0 radical (unpaired) electrons. The van der Waals surface area contributed by atoms with Crippen molar-refractivity contribution in [2.45, 2.75) is 45.3 Å². The Bertz CT molecular complexity index is 726. The van der Waals surface area contributed by atoms with Gasteiger partial charge in [-0.3, -0.25) is 0 Å². The Morgan fingerprint density at radius 2 is 2.24 bits per heavy atom. The van der Waals surface area contributed by atoms with E-state index in [-0.39, 0.29) is 12.1 Å². The van der Waals surface area contributed by atoms with E-state index in [1.54, 1.807) is 6.33 Å². The zero-order chi connectivity index (χ0) is 17.8. The van der Waals surface area contributed by atoms with E-state index >= 15 is 0 Å². The lowest BCUT2D eigenvalue weighted by Crippen LogP contribution is -2.39. The van der Waals surface area contributed by atoms with Crippen molar-refractivity contribution in [2.24, 2.45) is 7.05 Å². The molecule has 0 saturated carbocycles. The number of aromatic nitrogens is 3. The van der Waals surface area contributed by atoms with Crippen molar-refractivity contribution in [1.29, 1.82) is 0 Å². The Balaban J connectivity index is 1.61. The maximum atomic E-state index is 12.6. The summed E-state index contributed by atoms with van der Waals surface area (Å²) < 4.78 is 1.89. The van der Waals surface area contributed by atoms with Gasteiger partial charge in [0.05, 0.1) is 6.04 Å². The minimum absolute atomic E-state index is 0.00134. The molecule has 1 saturated heterocycles. The molecule has 1 aliphatic heterocycles. The molecule has 1 atom stereocenters. The number of nitrogens with zero attached hydrogens (tertiary/aromatic N) is 4. The number of carbonyl (C=O) groups excluding carboxylic acids is 1. The third kappa shape index (κ3) is 4.10. The van der Waals surface area contributed by atoms with Gasteiger partial charge < -0.3 is 20.1 Å². The quantitative estimate of drug-likeness (QED) is 0.876. The second-order valence-corrected chi connectivity index (χ2v) is 6.81. The van der Waals surface area contributed by atoms with Crippen LogP contribution in [-0.2, 0) is 13.6 Å². The Morgan fingerprint density at radius 3 is 2.96 bits per heavy atom. The standard InChI is InChI=1S/C18H26N6O/c1-13(2)21-15-7-4-6-14(10-15)11-19-18(25)24-9-5-8-16(24)17-22-20-12-23(17)3/h4,6-7,10,12-13,16,21H,5,8-9,11H2,1-3H3,(H,19,25)/t16-/m1/s1.